The molecular weight excluding hydrogens is 388 g/mol. The van der Waals surface area contributed by atoms with Crippen LogP contribution in [0.15, 0.2) is 34.7 Å². The maximum absolute atomic E-state index is 12.4. The lowest BCUT2D eigenvalue weighted by Gasteiger charge is -2.23. The van der Waals surface area contributed by atoms with Gasteiger partial charge in [-0.3, -0.25) is 14.5 Å². The predicted octanol–water partition coefficient (Wildman–Crippen LogP) is 3.54. The molecule has 0 spiro atoms. The quantitative estimate of drug-likeness (QED) is 0.514. The number of hydrogen-bond donors (Lipinski definition) is 3. The molecule has 0 aliphatic rings. The van der Waals surface area contributed by atoms with Crippen molar-refractivity contribution in [2.24, 2.45) is 0 Å². The Balaban J connectivity index is 1.63. The van der Waals surface area contributed by atoms with Crippen molar-refractivity contribution in [3.05, 3.63) is 57.8 Å². The van der Waals surface area contributed by atoms with E-state index < -0.39 is 5.60 Å². The van der Waals surface area contributed by atoms with Crippen LogP contribution in [0.2, 0.25) is 0 Å². The lowest BCUT2D eigenvalue weighted by molar-refractivity contribution is -0.122. The van der Waals surface area contributed by atoms with Gasteiger partial charge in [0.15, 0.2) is 10.6 Å². The van der Waals surface area contributed by atoms with Crippen LogP contribution < -0.4 is 5.32 Å². The van der Waals surface area contributed by atoms with Crippen molar-refractivity contribution < 1.29 is 14.3 Å². The molecule has 3 N–H and O–H groups in total. The molecule has 0 aliphatic carbocycles. The molecule has 7 nitrogen and oxygen atoms in total. The largest absolute Gasteiger partial charge is 0.466 e. The molecule has 29 heavy (non-hydrogen) atoms. The number of carbonyl (C=O) groups excluding carboxylic acids is 1. The van der Waals surface area contributed by atoms with Crippen molar-refractivity contribution in [2.45, 2.75) is 46.3 Å². The van der Waals surface area contributed by atoms with E-state index in [1.807, 2.05) is 38.1 Å². The van der Waals surface area contributed by atoms with Crippen LogP contribution in [0.4, 0.5) is 0 Å². The fourth-order valence-electron chi connectivity index (χ4n) is 3.28. The van der Waals surface area contributed by atoms with Crippen LogP contribution in [-0.2, 0) is 16.9 Å². The predicted molar refractivity (Wildman–Crippen MR) is 113 cm³/mol. The Morgan fingerprint density at radius 2 is 2.00 bits per heavy atom. The topological polar surface area (TPSA) is 96.1 Å². The van der Waals surface area contributed by atoms with Gasteiger partial charge in [0.1, 0.15) is 17.1 Å². The van der Waals surface area contributed by atoms with Gasteiger partial charge in [-0.25, -0.2) is 0 Å². The summed E-state index contributed by atoms with van der Waals surface area (Å²) in [5.74, 6) is 1.89. The second-order valence-electron chi connectivity index (χ2n) is 7.50. The maximum atomic E-state index is 12.4. The third kappa shape index (κ3) is 4.83. The molecule has 2 heterocycles. The number of hydrogen-bond acceptors (Lipinski definition) is 5. The first-order valence-corrected chi connectivity index (χ1v) is 9.87. The van der Waals surface area contributed by atoms with E-state index in [0.717, 1.165) is 16.9 Å². The summed E-state index contributed by atoms with van der Waals surface area (Å²) >= 11 is 5.32. The lowest BCUT2D eigenvalue weighted by Crippen LogP contribution is -2.39. The molecule has 8 heteroatoms. The fraction of sp³-hybridized carbons (Fsp3) is 0.381. The van der Waals surface area contributed by atoms with E-state index >= 15 is 0 Å². The number of amides is 1. The Morgan fingerprint density at radius 1 is 1.31 bits per heavy atom. The highest BCUT2D eigenvalue weighted by molar-refractivity contribution is 7.71. The number of benzene rings is 1. The summed E-state index contributed by atoms with van der Waals surface area (Å²) in [5.41, 5.74) is 1.55. The summed E-state index contributed by atoms with van der Waals surface area (Å²) in [5, 5.41) is 20.6. The third-order valence-corrected chi connectivity index (χ3v) is 5.19. The molecular formula is C21H26N4O3S. The number of aromatic amines is 1. The molecule has 1 amide bonds. The number of nitrogens with zero attached hydrogens (tertiary/aromatic N) is 2. The highest BCUT2D eigenvalue weighted by atomic mass is 32.1. The van der Waals surface area contributed by atoms with Crippen molar-refractivity contribution in [1.82, 2.24) is 20.1 Å². The normalized spacial score (nSPS) is 13.3. The first-order valence-electron chi connectivity index (χ1n) is 9.46. The molecule has 0 aliphatic heterocycles. The number of H-pyrrole nitrogens is 1. The van der Waals surface area contributed by atoms with Gasteiger partial charge in [0.2, 0.25) is 5.91 Å². The molecule has 0 unspecified atom stereocenters. The van der Waals surface area contributed by atoms with Gasteiger partial charge >= 0.3 is 0 Å². The summed E-state index contributed by atoms with van der Waals surface area (Å²) in [6.07, 6.45) is 0.214. The SMILES string of the molecule is Cc1ccc(-c2n[nH]c(=S)n2CCC(=O)NC[C@@](C)(O)c2cc(C)oc2C)cc1. The molecule has 0 saturated heterocycles. The number of furan rings is 1. The summed E-state index contributed by atoms with van der Waals surface area (Å²) < 4.78 is 7.75. The Morgan fingerprint density at radius 3 is 2.62 bits per heavy atom. The van der Waals surface area contributed by atoms with E-state index in [9.17, 15) is 9.90 Å². The molecule has 1 atom stereocenters. The van der Waals surface area contributed by atoms with Crippen molar-refractivity contribution in [3.63, 3.8) is 0 Å². The molecule has 0 fully saturated rings. The molecule has 154 valence electrons. The molecule has 2 aromatic heterocycles. The van der Waals surface area contributed by atoms with Gasteiger partial charge in [-0.15, -0.1) is 0 Å². The average molecular weight is 415 g/mol. The van der Waals surface area contributed by atoms with Gasteiger partial charge in [0.25, 0.3) is 0 Å². The van der Waals surface area contributed by atoms with Crippen molar-refractivity contribution in [2.75, 3.05) is 6.54 Å². The van der Waals surface area contributed by atoms with Crippen LogP contribution in [0.25, 0.3) is 11.4 Å². The first kappa shape index (κ1) is 21.0. The summed E-state index contributed by atoms with van der Waals surface area (Å²) in [7, 11) is 0. The zero-order valence-corrected chi connectivity index (χ0v) is 17.9. The Kier molecular flexibility index (Phi) is 6.04. The van der Waals surface area contributed by atoms with Crippen molar-refractivity contribution >= 4 is 18.1 Å². The van der Waals surface area contributed by atoms with Gasteiger partial charge in [-0.2, -0.15) is 5.10 Å². The van der Waals surface area contributed by atoms with Gasteiger partial charge in [-0.1, -0.05) is 29.8 Å². The maximum Gasteiger partial charge on any atom is 0.221 e. The number of aromatic nitrogens is 3. The van der Waals surface area contributed by atoms with E-state index in [4.69, 9.17) is 16.6 Å². The number of nitrogens with one attached hydrogen (secondary N) is 2. The standard InChI is InChI=1S/C21H26N4O3S/c1-13-5-7-16(8-6-13)19-23-24-20(29)25(19)10-9-18(26)22-12-21(4,27)17-11-14(2)28-15(17)3/h5-8,11,27H,9-10,12H2,1-4H3,(H,22,26)(H,24,29)/t21-/m1/s1. The van der Waals surface area contributed by atoms with Gasteiger partial charge in [0.05, 0.1) is 6.54 Å². The van der Waals surface area contributed by atoms with Gasteiger partial charge < -0.3 is 14.8 Å². The molecule has 3 rings (SSSR count). The Hall–Kier alpha value is -2.71. The monoisotopic (exact) mass is 414 g/mol. The second-order valence-corrected chi connectivity index (χ2v) is 7.88. The van der Waals surface area contributed by atoms with E-state index in [2.05, 4.69) is 15.5 Å². The van der Waals surface area contributed by atoms with Crippen LogP contribution in [0.3, 0.4) is 0 Å². The number of carbonyl (C=O) groups is 1. The number of aryl methyl sites for hydroxylation is 3. The average Bonchev–Trinajstić information content (AvgIpc) is 3.21. The molecule has 0 radical (unpaired) electrons. The smallest absolute Gasteiger partial charge is 0.221 e. The first-order chi connectivity index (χ1) is 13.7. The number of rotatable bonds is 7. The highest BCUT2D eigenvalue weighted by Crippen LogP contribution is 2.26. The minimum atomic E-state index is -1.21. The minimum absolute atomic E-state index is 0.0905. The van der Waals surface area contributed by atoms with Crippen molar-refractivity contribution in [1.29, 1.82) is 0 Å². The van der Waals surface area contributed by atoms with Crippen LogP contribution in [0.5, 0.6) is 0 Å². The van der Waals surface area contributed by atoms with Crippen LogP contribution in [0, 0.1) is 25.5 Å². The molecule has 3 aromatic rings. The van der Waals surface area contributed by atoms with Crippen LogP contribution >= 0.6 is 12.2 Å². The Bertz CT molecular complexity index is 1060. The summed E-state index contributed by atoms with van der Waals surface area (Å²) in [6, 6.07) is 9.75. The van der Waals surface area contributed by atoms with Gasteiger partial charge in [-0.05, 0) is 46.0 Å². The molecule has 0 saturated carbocycles. The van der Waals surface area contributed by atoms with E-state index in [1.54, 1.807) is 24.5 Å². The fourth-order valence-corrected chi connectivity index (χ4v) is 3.50. The lowest BCUT2D eigenvalue weighted by atomic mass is 9.96. The molecule has 1 aromatic carbocycles. The Labute approximate surface area is 174 Å². The van der Waals surface area contributed by atoms with Crippen LogP contribution in [0.1, 0.15) is 36.0 Å². The second kappa shape index (κ2) is 8.34. The summed E-state index contributed by atoms with van der Waals surface area (Å²) in [6.45, 7) is 7.78. The van der Waals surface area contributed by atoms with E-state index in [-0.39, 0.29) is 18.9 Å². The zero-order valence-electron chi connectivity index (χ0n) is 17.1. The third-order valence-electron chi connectivity index (χ3n) is 4.88. The minimum Gasteiger partial charge on any atom is -0.466 e. The number of aliphatic hydroxyl groups is 1. The zero-order chi connectivity index (χ0) is 21.2. The van der Waals surface area contributed by atoms with Crippen molar-refractivity contribution in [3.8, 4) is 11.4 Å². The van der Waals surface area contributed by atoms with E-state index in [0.29, 0.717) is 28.5 Å². The van der Waals surface area contributed by atoms with Crippen LogP contribution in [-0.4, -0.2) is 32.3 Å². The molecule has 0 bridgehead atoms. The van der Waals surface area contributed by atoms with Gasteiger partial charge in [0, 0.05) is 24.1 Å². The van der Waals surface area contributed by atoms with E-state index in [1.165, 1.54) is 0 Å². The summed E-state index contributed by atoms with van der Waals surface area (Å²) in [4.78, 5) is 12.4. The highest BCUT2D eigenvalue weighted by Gasteiger charge is 2.28.